The van der Waals surface area contributed by atoms with Gasteiger partial charge in [0, 0.05) is 13.0 Å². The fourth-order valence-corrected chi connectivity index (χ4v) is 2.03. The van der Waals surface area contributed by atoms with E-state index in [1.54, 1.807) is 0 Å². The molecule has 15 heavy (non-hydrogen) atoms. The van der Waals surface area contributed by atoms with Crippen molar-refractivity contribution < 1.29 is 4.74 Å². The Morgan fingerprint density at radius 3 is 2.47 bits per heavy atom. The zero-order chi connectivity index (χ0) is 10.9. The Labute approximate surface area is 94.3 Å². The second kappa shape index (κ2) is 7.75. The summed E-state index contributed by atoms with van der Waals surface area (Å²) in [6, 6.07) is 0. The van der Waals surface area contributed by atoms with Crippen LogP contribution in [0.2, 0.25) is 0 Å². The summed E-state index contributed by atoms with van der Waals surface area (Å²) in [5.41, 5.74) is 0. The highest BCUT2D eigenvalue weighted by Crippen LogP contribution is 2.09. The highest BCUT2D eigenvalue weighted by Gasteiger charge is 2.08. The van der Waals surface area contributed by atoms with Crippen molar-refractivity contribution in [2.24, 2.45) is 0 Å². The van der Waals surface area contributed by atoms with Gasteiger partial charge in [0.1, 0.15) is 6.61 Å². The van der Waals surface area contributed by atoms with Crippen molar-refractivity contribution >= 4 is 0 Å². The lowest BCUT2D eigenvalue weighted by molar-refractivity contribution is 0.154. The van der Waals surface area contributed by atoms with Gasteiger partial charge in [-0.15, -0.1) is 0 Å². The lowest BCUT2D eigenvalue weighted by atomic mass is 10.2. The average Bonchev–Trinajstić information content (AvgIpc) is 2.47. The third-order valence-corrected chi connectivity index (χ3v) is 2.94. The largest absolute Gasteiger partial charge is 0.497 e. The Balaban J connectivity index is 2.05. The van der Waals surface area contributed by atoms with Crippen LogP contribution in [0.3, 0.4) is 0 Å². The van der Waals surface area contributed by atoms with E-state index in [0.717, 1.165) is 31.8 Å². The Morgan fingerprint density at radius 2 is 1.87 bits per heavy atom. The van der Waals surface area contributed by atoms with Crippen LogP contribution in [0.25, 0.3) is 0 Å². The van der Waals surface area contributed by atoms with Gasteiger partial charge in [0.05, 0.1) is 5.76 Å². The SMILES string of the molecule is C=C(CCC)OCCN1CCCCCC1. The van der Waals surface area contributed by atoms with E-state index in [1.807, 2.05) is 0 Å². The molecule has 88 valence electrons. The molecule has 0 N–H and O–H groups in total. The van der Waals surface area contributed by atoms with Crippen molar-refractivity contribution in [1.82, 2.24) is 4.90 Å². The molecule has 0 spiro atoms. The third-order valence-electron chi connectivity index (χ3n) is 2.94. The summed E-state index contributed by atoms with van der Waals surface area (Å²) in [6.45, 7) is 10.5. The lowest BCUT2D eigenvalue weighted by Crippen LogP contribution is -2.28. The zero-order valence-corrected chi connectivity index (χ0v) is 10.1. The molecule has 2 nitrogen and oxygen atoms in total. The van der Waals surface area contributed by atoms with Gasteiger partial charge in [0.15, 0.2) is 0 Å². The summed E-state index contributed by atoms with van der Waals surface area (Å²) in [7, 11) is 0. The molecule has 1 fully saturated rings. The average molecular weight is 211 g/mol. The molecule has 0 bridgehead atoms. The monoisotopic (exact) mass is 211 g/mol. The van der Waals surface area contributed by atoms with Gasteiger partial charge in [-0.3, -0.25) is 4.90 Å². The third kappa shape index (κ3) is 5.83. The standard InChI is InChI=1S/C13H25NO/c1-3-8-13(2)15-12-11-14-9-6-4-5-7-10-14/h2-12H2,1H3. The minimum absolute atomic E-state index is 0.818. The summed E-state index contributed by atoms with van der Waals surface area (Å²) < 4.78 is 5.59. The number of rotatable bonds is 6. The predicted molar refractivity (Wildman–Crippen MR) is 64.9 cm³/mol. The van der Waals surface area contributed by atoms with Gasteiger partial charge in [-0.25, -0.2) is 0 Å². The molecule has 0 radical (unpaired) electrons. The number of hydrogen-bond donors (Lipinski definition) is 0. The minimum Gasteiger partial charge on any atom is -0.497 e. The normalized spacial score (nSPS) is 18.5. The van der Waals surface area contributed by atoms with Crippen LogP contribution in [-0.4, -0.2) is 31.1 Å². The fraction of sp³-hybridized carbons (Fsp3) is 0.846. The molecule has 1 saturated heterocycles. The van der Waals surface area contributed by atoms with Crippen LogP contribution in [0.4, 0.5) is 0 Å². The maximum atomic E-state index is 5.59. The molecule has 0 aromatic rings. The molecule has 0 saturated carbocycles. The van der Waals surface area contributed by atoms with Crippen LogP contribution in [0, 0.1) is 0 Å². The Kier molecular flexibility index (Phi) is 6.49. The molecular formula is C13H25NO. The van der Waals surface area contributed by atoms with Gasteiger partial charge in [-0.1, -0.05) is 26.3 Å². The maximum Gasteiger partial charge on any atom is 0.100 e. The van der Waals surface area contributed by atoms with Crippen LogP contribution >= 0.6 is 0 Å². The molecule has 0 amide bonds. The summed E-state index contributed by atoms with van der Waals surface area (Å²) in [6.07, 6.45) is 7.65. The maximum absolute atomic E-state index is 5.59. The van der Waals surface area contributed by atoms with Crippen LogP contribution in [0.1, 0.15) is 45.4 Å². The van der Waals surface area contributed by atoms with Gasteiger partial charge in [0.2, 0.25) is 0 Å². The number of ether oxygens (including phenoxy) is 1. The number of likely N-dealkylation sites (tertiary alicyclic amines) is 1. The van der Waals surface area contributed by atoms with Gasteiger partial charge in [-0.05, 0) is 32.4 Å². The Bertz CT molecular complexity index is 171. The molecule has 0 aromatic heterocycles. The van der Waals surface area contributed by atoms with E-state index in [4.69, 9.17) is 4.74 Å². The van der Waals surface area contributed by atoms with Crippen molar-refractivity contribution in [2.45, 2.75) is 45.4 Å². The molecule has 2 heteroatoms. The molecule has 1 aliphatic heterocycles. The zero-order valence-electron chi connectivity index (χ0n) is 10.1. The molecular weight excluding hydrogens is 186 g/mol. The van der Waals surface area contributed by atoms with Crippen LogP contribution in [0.15, 0.2) is 12.3 Å². The smallest absolute Gasteiger partial charge is 0.100 e. The minimum atomic E-state index is 0.818. The van der Waals surface area contributed by atoms with Crippen molar-refractivity contribution in [3.63, 3.8) is 0 Å². The second-order valence-corrected chi connectivity index (χ2v) is 4.39. The van der Waals surface area contributed by atoms with Crippen LogP contribution in [-0.2, 0) is 4.74 Å². The topological polar surface area (TPSA) is 12.5 Å². The number of nitrogens with zero attached hydrogens (tertiary/aromatic N) is 1. The van der Waals surface area contributed by atoms with Crippen molar-refractivity contribution in [3.8, 4) is 0 Å². The highest BCUT2D eigenvalue weighted by molar-refractivity contribution is 4.81. The van der Waals surface area contributed by atoms with Crippen molar-refractivity contribution in [3.05, 3.63) is 12.3 Å². The van der Waals surface area contributed by atoms with E-state index < -0.39 is 0 Å². The summed E-state index contributed by atoms with van der Waals surface area (Å²) in [5.74, 6) is 0.951. The Morgan fingerprint density at radius 1 is 1.20 bits per heavy atom. The van der Waals surface area contributed by atoms with E-state index in [0.29, 0.717) is 0 Å². The summed E-state index contributed by atoms with van der Waals surface area (Å²) in [5, 5.41) is 0. The predicted octanol–water partition coefficient (Wildman–Crippen LogP) is 3.19. The second-order valence-electron chi connectivity index (χ2n) is 4.39. The summed E-state index contributed by atoms with van der Waals surface area (Å²) in [4.78, 5) is 2.52. The molecule has 1 aliphatic rings. The first kappa shape index (κ1) is 12.6. The lowest BCUT2D eigenvalue weighted by Gasteiger charge is -2.20. The number of allylic oxidation sites excluding steroid dienone is 1. The van der Waals surface area contributed by atoms with Crippen molar-refractivity contribution in [2.75, 3.05) is 26.2 Å². The summed E-state index contributed by atoms with van der Waals surface area (Å²) >= 11 is 0. The molecule has 1 heterocycles. The van der Waals surface area contributed by atoms with Crippen LogP contribution in [0.5, 0.6) is 0 Å². The van der Waals surface area contributed by atoms with Crippen LogP contribution < -0.4 is 0 Å². The Hall–Kier alpha value is -0.500. The highest BCUT2D eigenvalue weighted by atomic mass is 16.5. The molecule has 0 unspecified atom stereocenters. The van der Waals surface area contributed by atoms with Gasteiger partial charge in [0.25, 0.3) is 0 Å². The fourth-order valence-electron chi connectivity index (χ4n) is 2.03. The molecule has 0 aromatic carbocycles. The van der Waals surface area contributed by atoms with E-state index >= 15 is 0 Å². The van der Waals surface area contributed by atoms with E-state index in [1.165, 1.54) is 38.8 Å². The van der Waals surface area contributed by atoms with Gasteiger partial charge in [-0.2, -0.15) is 0 Å². The molecule has 0 aliphatic carbocycles. The van der Waals surface area contributed by atoms with E-state index in [2.05, 4.69) is 18.4 Å². The van der Waals surface area contributed by atoms with Crippen molar-refractivity contribution in [1.29, 1.82) is 0 Å². The first-order chi connectivity index (χ1) is 7.33. The van der Waals surface area contributed by atoms with E-state index in [9.17, 15) is 0 Å². The first-order valence-corrected chi connectivity index (χ1v) is 6.36. The number of hydrogen-bond acceptors (Lipinski definition) is 2. The molecule has 1 rings (SSSR count). The quantitative estimate of drug-likeness (QED) is 0.626. The first-order valence-electron chi connectivity index (χ1n) is 6.36. The van der Waals surface area contributed by atoms with Gasteiger partial charge < -0.3 is 4.74 Å². The van der Waals surface area contributed by atoms with Gasteiger partial charge >= 0.3 is 0 Å². The molecule has 0 atom stereocenters. The van der Waals surface area contributed by atoms with E-state index in [-0.39, 0.29) is 0 Å².